The second kappa shape index (κ2) is 6.15. The molecule has 0 spiro atoms. The van der Waals surface area contributed by atoms with Gasteiger partial charge in [-0.15, -0.1) is 0 Å². The minimum Gasteiger partial charge on any atom is -0.451 e. The first-order chi connectivity index (χ1) is 10.3. The number of hydrogen-bond acceptors (Lipinski definition) is 6. The van der Waals surface area contributed by atoms with Gasteiger partial charge in [-0.05, 0) is 12.1 Å². The van der Waals surface area contributed by atoms with Crippen LogP contribution in [0.2, 0.25) is 0 Å². The summed E-state index contributed by atoms with van der Waals surface area (Å²) in [5.74, 6) is -0.106. The normalized spacial score (nSPS) is 17.1. The number of nitrogens with one attached hydrogen (secondary N) is 2. The van der Waals surface area contributed by atoms with Gasteiger partial charge in [-0.2, -0.15) is 13.1 Å². The fourth-order valence-corrected chi connectivity index (χ4v) is 2.44. The van der Waals surface area contributed by atoms with Gasteiger partial charge < -0.3 is 14.8 Å². The largest absolute Gasteiger partial charge is 0.451 e. The van der Waals surface area contributed by atoms with Gasteiger partial charge in [-0.1, -0.05) is 12.1 Å². The Morgan fingerprint density at radius 1 is 1.18 bits per heavy atom. The van der Waals surface area contributed by atoms with Crippen LogP contribution in [0.4, 0.5) is 5.69 Å². The van der Waals surface area contributed by atoms with Crippen LogP contribution < -0.4 is 10.0 Å². The molecular weight excluding hydrogens is 308 g/mol. The highest BCUT2D eigenvalue weighted by atomic mass is 32.2. The molecule has 7 nitrogen and oxygen atoms in total. The second-order valence-corrected chi connectivity index (χ2v) is 6.62. The predicted octanol–water partition coefficient (Wildman–Crippen LogP) is 1.66. The molecule has 0 unspecified atom stereocenters. The monoisotopic (exact) mass is 328 g/mol. The fourth-order valence-electron chi connectivity index (χ4n) is 2.06. The fraction of sp³-hybridized carbons (Fsp3) is 0.429. The van der Waals surface area contributed by atoms with Crippen molar-refractivity contribution in [2.75, 3.05) is 26.0 Å². The predicted molar refractivity (Wildman–Crippen MR) is 83.1 cm³/mol. The molecule has 0 aromatic heterocycles. The number of ether oxygens (including phenoxy) is 2. The van der Waals surface area contributed by atoms with E-state index < -0.39 is 16.1 Å². The summed E-state index contributed by atoms with van der Waals surface area (Å²) < 4.78 is 41.3. The van der Waals surface area contributed by atoms with Gasteiger partial charge in [0.05, 0.1) is 0 Å². The van der Waals surface area contributed by atoms with Crippen molar-refractivity contribution in [2.45, 2.75) is 19.6 Å². The number of hydrogen-bond donors (Lipinski definition) is 2. The molecule has 1 heterocycles. The molecule has 0 bridgehead atoms. The van der Waals surface area contributed by atoms with E-state index in [0.717, 1.165) is 11.3 Å². The van der Waals surface area contributed by atoms with Crippen LogP contribution in [-0.4, -0.2) is 34.9 Å². The first-order valence-corrected chi connectivity index (χ1v) is 8.15. The maximum atomic E-state index is 11.4. The summed E-state index contributed by atoms with van der Waals surface area (Å²) in [5.41, 5.74) is 1.61. The molecule has 2 N–H and O–H groups in total. The SMILES string of the molecule is CNc1ccccc1C1=C(COS(=O)(=O)NC)OC(C)(C)O1. The summed E-state index contributed by atoms with van der Waals surface area (Å²) in [7, 11) is -0.733. The number of anilines is 1. The van der Waals surface area contributed by atoms with Gasteiger partial charge >= 0.3 is 10.3 Å². The van der Waals surface area contributed by atoms with Crippen molar-refractivity contribution in [3.05, 3.63) is 35.6 Å². The lowest BCUT2D eigenvalue weighted by atomic mass is 10.1. The molecule has 1 aromatic rings. The Bertz CT molecular complexity index is 682. The van der Waals surface area contributed by atoms with Gasteiger partial charge in [0.25, 0.3) is 0 Å². The van der Waals surface area contributed by atoms with Crippen LogP contribution >= 0.6 is 0 Å². The van der Waals surface area contributed by atoms with Crippen LogP contribution in [0.1, 0.15) is 19.4 Å². The van der Waals surface area contributed by atoms with E-state index in [-0.39, 0.29) is 6.61 Å². The van der Waals surface area contributed by atoms with E-state index in [4.69, 9.17) is 13.7 Å². The topological polar surface area (TPSA) is 85.9 Å². The zero-order valence-corrected chi connectivity index (χ0v) is 13.8. The van der Waals surface area contributed by atoms with E-state index in [2.05, 4.69) is 10.0 Å². The molecule has 0 atom stereocenters. The smallest absolute Gasteiger partial charge is 0.336 e. The summed E-state index contributed by atoms with van der Waals surface area (Å²) in [6.45, 7) is 3.24. The van der Waals surface area contributed by atoms with Crippen LogP contribution in [-0.2, 0) is 24.0 Å². The Morgan fingerprint density at radius 2 is 1.86 bits per heavy atom. The zero-order chi connectivity index (χ0) is 16.4. The standard InChI is InChI=1S/C14H20N2O5S/c1-14(2)20-12(9-19-22(17,18)16-4)13(21-14)10-7-5-6-8-11(10)15-3/h5-8,15-16H,9H2,1-4H3. The van der Waals surface area contributed by atoms with Gasteiger partial charge in [-0.3, -0.25) is 0 Å². The molecule has 22 heavy (non-hydrogen) atoms. The van der Waals surface area contributed by atoms with Gasteiger partial charge in [-0.25, -0.2) is 4.18 Å². The molecule has 0 aliphatic carbocycles. The first-order valence-electron chi connectivity index (χ1n) is 6.74. The molecule has 0 fully saturated rings. The van der Waals surface area contributed by atoms with Gasteiger partial charge in [0.15, 0.2) is 11.5 Å². The second-order valence-electron chi connectivity index (χ2n) is 5.07. The lowest BCUT2D eigenvalue weighted by Gasteiger charge is -2.19. The summed E-state index contributed by atoms with van der Waals surface area (Å²) in [4.78, 5) is 0. The van der Waals surface area contributed by atoms with Crippen LogP contribution in [0, 0.1) is 0 Å². The van der Waals surface area contributed by atoms with Gasteiger partial charge in [0.1, 0.15) is 6.61 Å². The Morgan fingerprint density at radius 3 is 2.50 bits per heavy atom. The summed E-state index contributed by atoms with van der Waals surface area (Å²) in [6.07, 6.45) is 0. The molecule has 8 heteroatoms. The Balaban J connectivity index is 2.36. The Kier molecular flexibility index (Phi) is 4.64. The third-order valence-corrected chi connectivity index (χ3v) is 3.93. The summed E-state index contributed by atoms with van der Waals surface area (Å²) in [5, 5.41) is 3.06. The third-order valence-electron chi connectivity index (χ3n) is 3.01. The molecule has 0 radical (unpaired) electrons. The van der Waals surface area contributed by atoms with Crippen molar-refractivity contribution in [1.29, 1.82) is 0 Å². The molecule has 0 amide bonds. The van der Waals surface area contributed by atoms with Crippen molar-refractivity contribution in [3.8, 4) is 0 Å². The van der Waals surface area contributed by atoms with E-state index >= 15 is 0 Å². The number of benzene rings is 1. The number of rotatable bonds is 6. The third kappa shape index (κ3) is 3.70. The van der Waals surface area contributed by atoms with Crippen LogP contribution in [0.3, 0.4) is 0 Å². The van der Waals surface area contributed by atoms with Crippen LogP contribution in [0.25, 0.3) is 5.76 Å². The van der Waals surface area contributed by atoms with Crippen molar-refractivity contribution < 1.29 is 22.1 Å². The minimum absolute atomic E-state index is 0.250. The Labute approximate surface area is 130 Å². The lowest BCUT2D eigenvalue weighted by molar-refractivity contribution is -0.113. The van der Waals surface area contributed by atoms with Gasteiger partial charge in [0, 0.05) is 39.2 Å². The van der Waals surface area contributed by atoms with E-state index in [9.17, 15) is 8.42 Å². The van der Waals surface area contributed by atoms with E-state index in [1.54, 1.807) is 20.9 Å². The minimum atomic E-state index is -3.80. The van der Waals surface area contributed by atoms with E-state index in [1.807, 2.05) is 24.3 Å². The first kappa shape index (κ1) is 16.6. The number of para-hydroxylation sites is 1. The molecular formula is C14H20N2O5S. The average molecular weight is 328 g/mol. The molecule has 1 aliphatic rings. The maximum Gasteiger partial charge on any atom is 0.336 e. The average Bonchev–Trinajstić information content (AvgIpc) is 2.80. The molecule has 0 saturated heterocycles. The van der Waals surface area contributed by atoms with Crippen molar-refractivity contribution >= 4 is 21.8 Å². The molecule has 0 saturated carbocycles. The highest BCUT2D eigenvalue weighted by Gasteiger charge is 2.36. The zero-order valence-electron chi connectivity index (χ0n) is 13.0. The lowest BCUT2D eigenvalue weighted by Crippen LogP contribution is -2.24. The maximum absolute atomic E-state index is 11.4. The van der Waals surface area contributed by atoms with Crippen molar-refractivity contribution in [2.24, 2.45) is 0 Å². The molecule has 1 aromatic carbocycles. The summed E-state index contributed by atoms with van der Waals surface area (Å²) in [6, 6.07) is 7.50. The van der Waals surface area contributed by atoms with E-state index in [1.165, 1.54) is 7.05 Å². The van der Waals surface area contributed by atoms with Crippen molar-refractivity contribution in [3.63, 3.8) is 0 Å². The quantitative estimate of drug-likeness (QED) is 0.826. The van der Waals surface area contributed by atoms with Gasteiger partial charge in [0.2, 0.25) is 5.79 Å². The van der Waals surface area contributed by atoms with Crippen LogP contribution in [0.15, 0.2) is 30.0 Å². The molecule has 1 aliphatic heterocycles. The Hall–Kier alpha value is -1.77. The molecule has 122 valence electrons. The highest BCUT2D eigenvalue weighted by molar-refractivity contribution is 7.84. The highest BCUT2D eigenvalue weighted by Crippen LogP contribution is 2.39. The van der Waals surface area contributed by atoms with E-state index in [0.29, 0.717) is 11.5 Å². The van der Waals surface area contributed by atoms with Crippen molar-refractivity contribution in [1.82, 2.24) is 4.72 Å². The van der Waals surface area contributed by atoms with Crippen LogP contribution in [0.5, 0.6) is 0 Å². The summed E-state index contributed by atoms with van der Waals surface area (Å²) >= 11 is 0. The molecule has 2 rings (SSSR count).